The Balaban J connectivity index is 0.00000240. The lowest BCUT2D eigenvalue weighted by Crippen LogP contribution is -2.43. The molecule has 3 aliphatic rings. The van der Waals surface area contributed by atoms with E-state index in [1.54, 1.807) is 12.0 Å². The summed E-state index contributed by atoms with van der Waals surface area (Å²) in [6, 6.07) is 6.03. The number of morpholine rings is 1. The Labute approximate surface area is 179 Å². The van der Waals surface area contributed by atoms with E-state index in [2.05, 4.69) is 16.3 Å². The summed E-state index contributed by atoms with van der Waals surface area (Å²) < 4.78 is 16.6. The van der Waals surface area contributed by atoms with Gasteiger partial charge in [-0.15, -0.1) is 12.4 Å². The first-order valence-corrected chi connectivity index (χ1v) is 10.3. The molecule has 0 aromatic heterocycles. The van der Waals surface area contributed by atoms with Gasteiger partial charge < -0.3 is 24.4 Å². The highest BCUT2D eigenvalue weighted by Gasteiger charge is 2.40. The number of methoxy groups -OCH3 is 1. The average molecular weight is 426 g/mol. The number of carbonyl (C=O) groups excluding carboxylic acids is 1. The molecule has 1 aromatic rings. The van der Waals surface area contributed by atoms with Crippen molar-refractivity contribution in [2.24, 2.45) is 5.41 Å². The van der Waals surface area contributed by atoms with E-state index in [1.165, 1.54) is 18.4 Å². The van der Waals surface area contributed by atoms with Gasteiger partial charge in [0.1, 0.15) is 0 Å². The van der Waals surface area contributed by atoms with Crippen molar-refractivity contribution < 1.29 is 19.0 Å². The fourth-order valence-corrected chi connectivity index (χ4v) is 4.54. The molecule has 1 amide bonds. The minimum Gasteiger partial charge on any atom is -0.493 e. The predicted molar refractivity (Wildman–Crippen MR) is 113 cm³/mol. The molecule has 162 valence electrons. The summed E-state index contributed by atoms with van der Waals surface area (Å²) in [6.07, 6.45) is 2.57. The molecular weight excluding hydrogens is 394 g/mol. The van der Waals surface area contributed by atoms with Crippen LogP contribution in [0.4, 0.5) is 0 Å². The minimum absolute atomic E-state index is 0. The van der Waals surface area contributed by atoms with Crippen LogP contribution in [0.5, 0.6) is 11.5 Å². The fourth-order valence-electron chi connectivity index (χ4n) is 4.54. The monoisotopic (exact) mass is 425 g/mol. The summed E-state index contributed by atoms with van der Waals surface area (Å²) in [4.78, 5) is 16.6. The Morgan fingerprint density at radius 1 is 1.21 bits per heavy atom. The second kappa shape index (κ2) is 9.98. The van der Waals surface area contributed by atoms with E-state index in [0.717, 1.165) is 32.7 Å². The quantitative estimate of drug-likeness (QED) is 0.746. The minimum atomic E-state index is -0.0121. The number of hydrogen-bond donors (Lipinski definition) is 1. The number of hydrogen-bond acceptors (Lipinski definition) is 6. The number of halogens is 1. The predicted octanol–water partition coefficient (Wildman–Crippen LogP) is 1.54. The molecule has 1 spiro atoms. The van der Waals surface area contributed by atoms with Crippen molar-refractivity contribution in [3.8, 4) is 11.5 Å². The highest BCUT2D eigenvalue weighted by Crippen LogP contribution is 2.37. The van der Waals surface area contributed by atoms with Crippen molar-refractivity contribution >= 4 is 18.3 Å². The third-order valence-corrected chi connectivity index (χ3v) is 6.20. The maximum Gasteiger partial charge on any atom is 0.260 e. The number of rotatable bonds is 6. The van der Waals surface area contributed by atoms with E-state index < -0.39 is 0 Å². The number of ether oxygens (including phenoxy) is 3. The van der Waals surface area contributed by atoms with E-state index in [1.807, 2.05) is 12.1 Å². The molecule has 3 aliphatic heterocycles. The maximum atomic E-state index is 12.3. The van der Waals surface area contributed by atoms with E-state index in [0.29, 0.717) is 43.2 Å². The summed E-state index contributed by atoms with van der Waals surface area (Å²) in [5.74, 6) is 1.29. The zero-order valence-electron chi connectivity index (χ0n) is 17.2. The molecule has 0 aliphatic carbocycles. The summed E-state index contributed by atoms with van der Waals surface area (Å²) in [7, 11) is 1.64. The molecule has 0 radical (unpaired) electrons. The van der Waals surface area contributed by atoms with Gasteiger partial charge in [-0.05, 0) is 49.0 Å². The highest BCUT2D eigenvalue weighted by atomic mass is 35.5. The van der Waals surface area contributed by atoms with Gasteiger partial charge in [-0.2, -0.15) is 0 Å². The standard InChI is InChI=1S/C21H31N3O4.ClH/c1-26-19-12-17(13-23-7-5-21(16-23)4-6-22-15-21)2-3-18(19)28-14-20(25)24-8-10-27-11-9-24;/h2-3,12,22H,4-11,13-16H2,1H3;1H. The molecule has 3 fully saturated rings. The van der Waals surface area contributed by atoms with Gasteiger partial charge in [0.05, 0.1) is 20.3 Å². The number of likely N-dealkylation sites (tertiary alicyclic amines) is 1. The number of benzene rings is 1. The van der Waals surface area contributed by atoms with Crippen molar-refractivity contribution in [1.29, 1.82) is 0 Å². The molecule has 7 nitrogen and oxygen atoms in total. The molecule has 4 rings (SSSR count). The molecule has 1 unspecified atom stereocenters. The van der Waals surface area contributed by atoms with Gasteiger partial charge >= 0.3 is 0 Å². The number of amides is 1. The van der Waals surface area contributed by atoms with Gasteiger partial charge in [-0.3, -0.25) is 9.69 Å². The SMILES string of the molecule is COc1cc(CN2CCC3(CCNC3)C2)ccc1OCC(=O)N1CCOCC1.Cl. The smallest absolute Gasteiger partial charge is 0.260 e. The molecule has 1 N–H and O–H groups in total. The largest absolute Gasteiger partial charge is 0.493 e. The molecule has 3 heterocycles. The van der Waals surface area contributed by atoms with Crippen LogP contribution >= 0.6 is 12.4 Å². The first-order chi connectivity index (χ1) is 13.7. The van der Waals surface area contributed by atoms with Crippen molar-refractivity contribution in [3.63, 3.8) is 0 Å². The van der Waals surface area contributed by atoms with Gasteiger partial charge in [0.2, 0.25) is 0 Å². The lowest BCUT2D eigenvalue weighted by molar-refractivity contribution is -0.137. The van der Waals surface area contributed by atoms with Crippen LogP contribution in [0.25, 0.3) is 0 Å². The molecule has 3 saturated heterocycles. The zero-order chi connectivity index (χ0) is 19.4. The summed E-state index contributed by atoms with van der Waals surface area (Å²) in [6.45, 7) is 8.01. The molecule has 1 atom stereocenters. The van der Waals surface area contributed by atoms with Gasteiger partial charge in [-0.25, -0.2) is 0 Å². The molecule has 0 saturated carbocycles. The van der Waals surface area contributed by atoms with Gasteiger partial charge in [-0.1, -0.05) is 6.07 Å². The summed E-state index contributed by atoms with van der Waals surface area (Å²) in [5, 5.41) is 3.51. The molecule has 29 heavy (non-hydrogen) atoms. The van der Waals surface area contributed by atoms with Crippen molar-refractivity contribution in [2.45, 2.75) is 19.4 Å². The van der Waals surface area contributed by atoms with Crippen LogP contribution in [0.3, 0.4) is 0 Å². The maximum absolute atomic E-state index is 12.3. The van der Waals surface area contributed by atoms with Crippen LogP contribution in [0, 0.1) is 5.41 Å². The zero-order valence-corrected chi connectivity index (χ0v) is 18.0. The second-order valence-corrected chi connectivity index (χ2v) is 8.15. The highest BCUT2D eigenvalue weighted by molar-refractivity contribution is 5.85. The normalized spacial score (nSPS) is 24.5. The Bertz CT molecular complexity index is 691. The third-order valence-electron chi connectivity index (χ3n) is 6.20. The van der Waals surface area contributed by atoms with E-state index >= 15 is 0 Å². The Morgan fingerprint density at radius 2 is 2.03 bits per heavy atom. The first kappa shape index (κ1) is 22.2. The van der Waals surface area contributed by atoms with E-state index in [-0.39, 0.29) is 24.9 Å². The topological polar surface area (TPSA) is 63.3 Å². The van der Waals surface area contributed by atoms with Crippen LogP contribution < -0.4 is 14.8 Å². The fraction of sp³-hybridized carbons (Fsp3) is 0.667. The van der Waals surface area contributed by atoms with Crippen molar-refractivity contribution in [2.75, 3.05) is 66.2 Å². The molecule has 0 bridgehead atoms. The van der Waals surface area contributed by atoms with Gasteiger partial charge in [0.15, 0.2) is 18.1 Å². The summed E-state index contributed by atoms with van der Waals surface area (Å²) >= 11 is 0. The van der Waals surface area contributed by atoms with E-state index in [4.69, 9.17) is 14.2 Å². The second-order valence-electron chi connectivity index (χ2n) is 8.15. The van der Waals surface area contributed by atoms with Crippen LogP contribution in [0.2, 0.25) is 0 Å². The number of nitrogens with zero attached hydrogens (tertiary/aromatic N) is 2. The van der Waals surface area contributed by atoms with Crippen LogP contribution in [0.1, 0.15) is 18.4 Å². The average Bonchev–Trinajstić information content (AvgIpc) is 3.36. The van der Waals surface area contributed by atoms with Crippen LogP contribution in [-0.2, 0) is 16.1 Å². The lowest BCUT2D eigenvalue weighted by Gasteiger charge is -2.26. The van der Waals surface area contributed by atoms with Crippen LogP contribution in [-0.4, -0.2) is 81.9 Å². The Hall–Kier alpha value is -1.54. The molecule has 1 aromatic carbocycles. The molecule has 8 heteroatoms. The van der Waals surface area contributed by atoms with Gasteiger partial charge in [0, 0.05) is 32.7 Å². The molecular formula is C21H32ClN3O4. The van der Waals surface area contributed by atoms with Crippen LogP contribution in [0.15, 0.2) is 18.2 Å². The number of nitrogens with one attached hydrogen (secondary N) is 1. The number of carbonyl (C=O) groups is 1. The Morgan fingerprint density at radius 3 is 2.76 bits per heavy atom. The lowest BCUT2D eigenvalue weighted by atomic mass is 9.86. The summed E-state index contributed by atoms with van der Waals surface area (Å²) in [5.41, 5.74) is 1.69. The Kier molecular flexibility index (Phi) is 7.62. The van der Waals surface area contributed by atoms with Crippen molar-refractivity contribution in [1.82, 2.24) is 15.1 Å². The van der Waals surface area contributed by atoms with E-state index in [9.17, 15) is 4.79 Å². The van der Waals surface area contributed by atoms with Gasteiger partial charge in [0.25, 0.3) is 5.91 Å². The first-order valence-electron chi connectivity index (χ1n) is 10.3. The van der Waals surface area contributed by atoms with Crippen molar-refractivity contribution in [3.05, 3.63) is 23.8 Å². The third kappa shape index (κ3) is 5.34.